The van der Waals surface area contributed by atoms with Crippen LogP contribution in [-0.2, 0) is 0 Å². The molecule has 1 amide bonds. The van der Waals surface area contributed by atoms with E-state index in [9.17, 15) is 4.79 Å². The van der Waals surface area contributed by atoms with Crippen LogP contribution in [0.5, 0.6) is 0 Å². The van der Waals surface area contributed by atoms with Crippen molar-refractivity contribution in [2.24, 2.45) is 5.92 Å². The van der Waals surface area contributed by atoms with Crippen molar-refractivity contribution < 1.29 is 4.79 Å². The van der Waals surface area contributed by atoms with E-state index in [1.807, 2.05) is 24.3 Å². The van der Waals surface area contributed by atoms with Gasteiger partial charge in [0.2, 0.25) is 5.28 Å². The van der Waals surface area contributed by atoms with Gasteiger partial charge in [-0.1, -0.05) is 11.8 Å². The van der Waals surface area contributed by atoms with Crippen LogP contribution in [0.2, 0.25) is 5.28 Å². The second-order valence-electron chi connectivity index (χ2n) is 6.78. The number of H-pyrrole nitrogens is 1. The van der Waals surface area contributed by atoms with E-state index in [1.54, 1.807) is 6.20 Å². The number of hydrogen-bond acceptors (Lipinski definition) is 4. The van der Waals surface area contributed by atoms with Gasteiger partial charge in [0, 0.05) is 22.5 Å². The van der Waals surface area contributed by atoms with Crippen LogP contribution >= 0.6 is 23.4 Å². The summed E-state index contributed by atoms with van der Waals surface area (Å²) in [5, 5.41) is 4.53. The lowest BCUT2D eigenvalue weighted by Gasteiger charge is -2.49. The molecule has 3 saturated heterocycles. The first-order valence-corrected chi connectivity index (χ1v) is 9.83. The fourth-order valence-electron chi connectivity index (χ4n) is 3.91. The van der Waals surface area contributed by atoms with E-state index in [4.69, 9.17) is 11.6 Å². The summed E-state index contributed by atoms with van der Waals surface area (Å²) in [6.45, 7) is 4.56. The maximum absolute atomic E-state index is 12.6. The van der Waals surface area contributed by atoms with E-state index in [0.29, 0.717) is 22.8 Å². The molecule has 1 aromatic carbocycles. The number of halogens is 1. The Labute approximate surface area is 156 Å². The van der Waals surface area contributed by atoms with Gasteiger partial charge in [-0.2, -0.15) is 0 Å². The first-order chi connectivity index (χ1) is 12.1. The number of amides is 1. The SMILES string of the molecule is CC1[C@H](NC(=O)c2ccc(Sc3cnc(Cl)[nH]3)cc2)C2CCN1CC2. The number of nitrogens with one attached hydrogen (secondary N) is 2. The third-order valence-corrected chi connectivity index (χ3v) is 6.47. The number of carbonyl (C=O) groups excluding carboxylic acids is 1. The number of rotatable bonds is 4. The van der Waals surface area contributed by atoms with Gasteiger partial charge in [-0.05, 0) is 74.6 Å². The van der Waals surface area contributed by atoms with Crippen molar-refractivity contribution >= 4 is 29.3 Å². The summed E-state index contributed by atoms with van der Waals surface area (Å²) in [4.78, 5) is 23.1. The number of hydrogen-bond donors (Lipinski definition) is 2. The van der Waals surface area contributed by atoms with Crippen LogP contribution in [0.3, 0.4) is 0 Å². The van der Waals surface area contributed by atoms with Gasteiger partial charge in [0.1, 0.15) is 0 Å². The lowest BCUT2D eigenvalue weighted by molar-refractivity contribution is 0.0217. The summed E-state index contributed by atoms with van der Waals surface area (Å²) in [5.41, 5.74) is 0.704. The molecule has 2 atom stereocenters. The second kappa shape index (κ2) is 7.02. The fourth-order valence-corrected chi connectivity index (χ4v) is 4.90. The average Bonchev–Trinajstić information content (AvgIpc) is 3.04. The van der Waals surface area contributed by atoms with Crippen molar-refractivity contribution in [3.63, 3.8) is 0 Å². The summed E-state index contributed by atoms with van der Waals surface area (Å²) in [7, 11) is 0. The number of imidazole rings is 1. The van der Waals surface area contributed by atoms with Crippen LogP contribution in [0.1, 0.15) is 30.1 Å². The molecule has 7 heteroatoms. The molecule has 5 rings (SSSR count). The highest BCUT2D eigenvalue weighted by Crippen LogP contribution is 2.32. The van der Waals surface area contributed by atoms with Gasteiger partial charge in [0.25, 0.3) is 5.91 Å². The third-order valence-electron chi connectivity index (χ3n) is 5.34. The second-order valence-corrected chi connectivity index (χ2v) is 8.25. The molecule has 132 valence electrons. The van der Waals surface area contributed by atoms with E-state index >= 15 is 0 Å². The standard InChI is InChI=1S/C18H21ClN4OS/c1-11-16(12-6-8-23(11)9-7-12)22-17(24)13-2-4-14(5-3-13)25-15-10-20-18(19)21-15/h2-5,10-12,16H,6-9H2,1H3,(H,20,21)(H,22,24)/t11?,16-/m0/s1. The maximum atomic E-state index is 12.6. The quantitative estimate of drug-likeness (QED) is 0.858. The summed E-state index contributed by atoms with van der Waals surface area (Å²) in [6, 6.07) is 8.35. The van der Waals surface area contributed by atoms with Gasteiger partial charge in [0.05, 0.1) is 11.2 Å². The topological polar surface area (TPSA) is 61.0 Å². The number of benzene rings is 1. The molecule has 3 aliphatic heterocycles. The van der Waals surface area contributed by atoms with Gasteiger partial charge in [-0.3, -0.25) is 9.69 Å². The molecule has 5 nitrogen and oxygen atoms in total. The van der Waals surface area contributed by atoms with E-state index in [0.717, 1.165) is 9.92 Å². The molecular formula is C18H21ClN4OS. The smallest absolute Gasteiger partial charge is 0.251 e. The molecule has 2 N–H and O–H groups in total. The lowest BCUT2D eigenvalue weighted by Crippen LogP contribution is -2.62. The minimum Gasteiger partial charge on any atom is -0.347 e. The maximum Gasteiger partial charge on any atom is 0.251 e. The Morgan fingerprint density at radius 2 is 2.04 bits per heavy atom. The zero-order valence-electron chi connectivity index (χ0n) is 14.0. The van der Waals surface area contributed by atoms with Gasteiger partial charge < -0.3 is 10.3 Å². The fraction of sp³-hybridized carbons (Fsp3) is 0.444. The van der Waals surface area contributed by atoms with Crippen LogP contribution in [0.25, 0.3) is 0 Å². The Bertz CT molecular complexity index is 753. The number of piperidine rings is 3. The summed E-state index contributed by atoms with van der Waals surface area (Å²) in [5.74, 6) is 0.635. The summed E-state index contributed by atoms with van der Waals surface area (Å²) < 4.78 is 0. The highest BCUT2D eigenvalue weighted by atomic mass is 35.5. The van der Waals surface area contributed by atoms with Crippen molar-refractivity contribution in [2.45, 2.75) is 41.8 Å². The summed E-state index contributed by atoms with van der Waals surface area (Å²) in [6.07, 6.45) is 4.08. The number of carbonyl (C=O) groups is 1. The Kier molecular flexibility index (Phi) is 4.75. The van der Waals surface area contributed by atoms with Gasteiger partial charge in [-0.25, -0.2) is 4.98 Å². The first-order valence-electron chi connectivity index (χ1n) is 8.63. The number of nitrogens with zero attached hydrogens (tertiary/aromatic N) is 2. The highest BCUT2D eigenvalue weighted by Gasteiger charge is 2.40. The highest BCUT2D eigenvalue weighted by molar-refractivity contribution is 7.99. The van der Waals surface area contributed by atoms with Crippen molar-refractivity contribution in [1.29, 1.82) is 0 Å². The molecule has 0 aliphatic carbocycles. The molecule has 1 aromatic heterocycles. The zero-order valence-corrected chi connectivity index (χ0v) is 15.6. The van der Waals surface area contributed by atoms with Crippen molar-refractivity contribution in [3.8, 4) is 0 Å². The Hall–Kier alpha value is -1.50. The van der Waals surface area contributed by atoms with Crippen molar-refractivity contribution in [2.75, 3.05) is 13.1 Å². The Morgan fingerprint density at radius 3 is 2.64 bits per heavy atom. The molecular weight excluding hydrogens is 356 g/mol. The molecule has 0 saturated carbocycles. The molecule has 2 aromatic rings. The number of aromatic nitrogens is 2. The number of aromatic amines is 1. The van der Waals surface area contributed by atoms with Crippen molar-refractivity contribution in [1.82, 2.24) is 20.2 Å². The molecule has 3 aliphatic rings. The molecule has 25 heavy (non-hydrogen) atoms. The Morgan fingerprint density at radius 1 is 1.32 bits per heavy atom. The molecule has 2 bridgehead atoms. The lowest BCUT2D eigenvalue weighted by atomic mass is 9.79. The predicted molar refractivity (Wildman–Crippen MR) is 99.2 cm³/mol. The number of fused-ring (bicyclic) bond motifs is 3. The van der Waals surface area contributed by atoms with E-state index in [1.165, 1.54) is 37.7 Å². The molecule has 0 spiro atoms. The minimum atomic E-state index is 0.0201. The minimum absolute atomic E-state index is 0.0201. The van der Waals surface area contributed by atoms with Gasteiger partial charge >= 0.3 is 0 Å². The molecule has 1 unspecified atom stereocenters. The van der Waals surface area contributed by atoms with E-state index < -0.39 is 0 Å². The normalized spacial score (nSPS) is 28.1. The van der Waals surface area contributed by atoms with Crippen LogP contribution in [-0.4, -0.2) is 45.9 Å². The van der Waals surface area contributed by atoms with Crippen LogP contribution in [0.15, 0.2) is 40.4 Å². The van der Waals surface area contributed by atoms with Crippen LogP contribution in [0.4, 0.5) is 0 Å². The van der Waals surface area contributed by atoms with Crippen LogP contribution < -0.4 is 5.32 Å². The van der Waals surface area contributed by atoms with Gasteiger partial charge in [0.15, 0.2) is 0 Å². The van der Waals surface area contributed by atoms with Crippen molar-refractivity contribution in [3.05, 3.63) is 41.3 Å². The monoisotopic (exact) mass is 376 g/mol. The Balaban J connectivity index is 1.40. The van der Waals surface area contributed by atoms with E-state index in [-0.39, 0.29) is 11.9 Å². The molecule has 0 radical (unpaired) electrons. The molecule has 4 heterocycles. The zero-order chi connectivity index (χ0) is 17.4. The largest absolute Gasteiger partial charge is 0.347 e. The van der Waals surface area contributed by atoms with Crippen LogP contribution in [0, 0.1) is 5.92 Å². The predicted octanol–water partition coefficient (Wildman–Crippen LogP) is 3.43. The first kappa shape index (κ1) is 16.9. The van der Waals surface area contributed by atoms with E-state index in [2.05, 4.69) is 27.1 Å². The average molecular weight is 377 g/mol. The third kappa shape index (κ3) is 3.57. The molecule has 3 fully saturated rings. The van der Waals surface area contributed by atoms with Gasteiger partial charge in [-0.15, -0.1) is 0 Å². The summed E-state index contributed by atoms with van der Waals surface area (Å²) >= 11 is 7.32.